The quantitative estimate of drug-likeness (QED) is 0.790. The van der Waals surface area contributed by atoms with Crippen LogP contribution in [-0.2, 0) is 11.8 Å². The van der Waals surface area contributed by atoms with Crippen molar-refractivity contribution in [1.29, 1.82) is 0 Å². The Balaban J connectivity index is 1.62. The number of thiazole rings is 1. The standard InChI is InChI=1S/C16H22ClN5O2S/c1-16(2,3)24-15(23)22-7-5-10(6-8-22)11-9-25-14(18-11)12-13(17)20-21(4)19-12/h9-10H,5-8H2,1-4H3. The van der Waals surface area contributed by atoms with E-state index in [2.05, 4.69) is 10.2 Å². The second-order valence-electron chi connectivity index (χ2n) is 7.15. The van der Waals surface area contributed by atoms with Crippen molar-refractivity contribution in [1.82, 2.24) is 24.9 Å². The number of likely N-dealkylation sites (tertiary alicyclic amines) is 1. The molecule has 1 fully saturated rings. The fourth-order valence-electron chi connectivity index (χ4n) is 2.78. The summed E-state index contributed by atoms with van der Waals surface area (Å²) in [6, 6.07) is 0. The predicted octanol–water partition coefficient (Wildman–Crippen LogP) is 3.71. The maximum absolute atomic E-state index is 12.1. The van der Waals surface area contributed by atoms with Crippen LogP contribution >= 0.6 is 22.9 Å². The fourth-order valence-corrected chi connectivity index (χ4v) is 3.96. The summed E-state index contributed by atoms with van der Waals surface area (Å²) in [4.78, 5) is 20.0. The van der Waals surface area contributed by atoms with Crippen LogP contribution in [0.25, 0.3) is 10.7 Å². The molecule has 1 aliphatic rings. The van der Waals surface area contributed by atoms with Gasteiger partial charge in [0.15, 0.2) is 10.8 Å². The maximum atomic E-state index is 12.1. The largest absolute Gasteiger partial charge is 0.444 e. The number of rotatable bonds is 2. The third kappa shape index (κ3) is 4.30. The third-order valence-corrected chi connectivity index (χ3v) is 5.08. The molecular formula is C16H22ClN5O2S. The minimum atomic E-state index is -0.465. The molecule has 1 aliphatic heterocycles. The smallest absolute Gasteiger partial charge is 0.410 e. The molecule has 0 N–H and O–H groups in total. The van der Waals surface area contributed by atoms with Gasteiger partial charge in [-0.05, 0) is 33.6 Å². The van der Waals surface area contributed by atoms with Crippen LogP contribution in [0.3, 0.4) is 0 Å². The second-order valence-corrected chi connectivity index (χ2v) is 8.36. The summed E-state index contributed by atoms with van der Waals surface area (Å²) in [6.07, 6.45) is 1.50. The molecule has 0 spiro atoms. The lowest BCUT2D eigenvalue weighted by Crippen LogP contribution is -2.41. The molecule has 136 valence electrons. The predicted molar refractivity (Wildman–Crippen MR) is 96.9 cm³/mol. The number of piperidine rings is 1. The highest BCUT2D eigenvalue weighted by atomic mass is 35.5. The Kier molecular flexibility index (Phi) is 5.02. The summed E-state index contributed by atoms with van der Waals surface area (Å²) >= 11 is 7.62. The van der Waals surface area contributed by atoms with Crippen LogP contribution in [-0.4, -0.2) is 49.7 Å². The van der Waals surface area contributed by atoms with Crippen molar-refractivity contribution in [2.45, 2.75) is 45.1 Å². The van der Waals surface area contributed by atoms with Gasteiger partial charge in [-0.25, -0.2) is 9.78 Å². The van der Waals surface area contributed by atoms with E-state index in [1.165, 1.54) is 16.1 Å². The minimum Gasteiger partial charge on any atom is -0.444 e. The van der Waals surface area contributed by atoms with Crippen molar-refractivity contribution in [3.05, 3.63) is 16.2 Å². The zero-order chi connectivity index (χ0) is 18.2. The Morgan fingerprint density at radius 1 is 1.32 bits per heavy atom. The van der Waals surface area contributed by atoms with E-state index >= 15 is 0 Å². The van der Waals surface area contributed by atoms with E-state index in [-0.39, 0.29) is 6.09 Å². The fraction of sp³-hybridized carbons (Fsp3) is 0.625. The topological polar surface area (TPSA) is 73.1 Å². The number of carbonyl (C=O) groups excluding carboxylic acids is 1. The van der Waals surface area contributed by atoms with Gasteiger partial charge in [0.05, 0.1) is 5.69 Å². The molecule has 0 radical (unpaired) electrons. The number of nitrogens with zero attached hydrogens (tertiary/aromatic N) is 5. The number of aryl methyl sites for hydroxylation is 1. The van der Waals surface area contributed by atoms with Crippen molar-refractivity contribution in [3.8, 4) is 10.7 Å². The molecule has 9 heteroatoms. The molecule has 0 unspecified atom stereocenters. The Morgan fingerprint density at radius 2 is 2.00 bits per heavy atom. The van der Waals surface area contributed by atoms with E-state index < -0.39 is 5.60 Å². The molecular weight excluding hydrogens is 362 g/mol. The average molecular weight is 384 g/mol. The third-order valence-electron chi connectivity index (χ3n) is 3.96. The molecule has 7 nitrogen and oxygen atoms in total. The molecule has 0 saturated carbocycles. The van der Waals surface area contributed by atoms with Crippen molar-refractivity contribution in [2.75, 3.05) is 13.1 Å². The van der Waals surface area contributed by atoms with Gasteiger partial charge in [-0.15, -0.1) is 21.5 Å². The van der Waals surface area contributed by atoms with Gasteiger partial charge in [0.25, 0.3) is 0 Å². The first-order chi connectivity index (χ1) is 11.7. The first kappa shape index (κ1) is 18.1. The first-order valence-corrected chi connectivity index (χ1v) is 9.49. The SMILES string of the molecule is Cn1nc(Cl)c(-c2nc(C3CCN(C(=O)OC(C)(C)C)CC3)cs2)n1. The van der Waals surface area contributed by atoms with E-state index in [1.807, 2.05) is 26.2 Å². The summed E-state index contributed by atoms with van der Waals surface area (Å²) in [6.45, 7) is 7.00. The van der Waals surface area contributed by atoms with Gasteiger partial charge in [0.2, 0.25) is 0 Å². The van der Waals surface area contributed by atoms with Crippen molar-refractivity contribution in [2.24, 2.45) is 7.05 Å². The molecule has 2 aromatic heterocycles. The second kappa shape index (κ2) is 6.92. The van der Waals surface area contributed by atoms with Crippen molar-refractivity contribution in [3.63, 3.8) is 0 Å². The number of amides is 1. The maximum Gasteiger partial charge on any atom is 0.410 e. The lowest BCUT2D eigenvalue weighted by atomic mass is 9.94. The zero-order valence-electron chi connectivity index (χ0n) is 14.8. The molecule has 0 aromatic carbocycles. The highest BCUT2D eigenvalue weighted by Crippen LogP contribution is 2.33. The molecule has 1 saturated heterocycles. The summed E-state index contributed by atoms with van der Waals surface area (Å²) in [5, 5.41) is 11.5. The van der Waals surface area contributed by atoms with Gasteiger partial charge in [-0.1, -0.05) is 11.6 Å². The highest BCUT2D eigenvalue weighted by Gasteiger charge is 2.28. The van der Waals surface area contributed by atoms with Crippen LogP contribution < -0.4 is 0 Å². The van der Waals surface area contributed by atoms with Crippen LogP contribution in [0, 0.1) is 0 Å². The zero-order valence-corrected chi connectivity index (χ0v) is 16.4. The van der Waals surface area contributed by atoms with Gasteiger partial charge in [-0.3, -0.25) is 0 Å². The van der Waals surface area contributed by atoms with E-state index in [0.29, 0.717) is 29.9 Å². The molecule has 3 heterocycles. The van der Waals surface area contributed by atoms with Gasteiger partial charge >= 0.3 is 6.09 Å². The molecule has 0 bridgehead atoms. The summed E-state index contributed by atoms with van der Waals surface area (Å²) in [5.74, 6) is 0.333. The summed E-state index contributed by atoms with van der Waals surface area (Å²) < 4.78 is 5.44. The Hall–Kier alpha value is -1.67. The van der Waals surface area contributed by atoms with E-state index in [1.54, 1.807) is 11.9 Å². The number of hydrogen-bond acceptors (Lipinski definition) is 6. The first-order valence-electron chi connectivity index (χ1n) is 8.23. The Labute approximate surface area is 155 Å². The molecule has 25 heavy (non-hydrogen) atoms. The molecule has 0 atom stereocenters. The van der Waals surface area contributed by atoms with Gasteiger partial charge in [0.1, 0.15) is 10.6 Å². The summed E-state index contributed by atoms with van der Waals surface area (Å²) in [5.41, 5.74) is 1.19. The van der Waals surface area contributed by atoms with Crippen LogP contribution in [0.4, 0.5) is 4.79 Å². The number of ether oxygens (including phenoxy) is 1. The molecule has 0 aliphatic carbocycles. The normalized spacial score (nSPS) is 16.3. The molecule has 1 amide bonds. The van der Waals surface area contributed by atoms with Crippen LogP contribution in [0.2, 0.25) is 5.15 Å². The van der Waals surface area contributed by atoms with Gasteiger partial charge < -0.3 is 9.64 Å². The Bertz CT molecular complexity index is 759. The minimum absolute atomic E-state index is 0.240. The van der Waals surface area contributed by atoms with E-state index in [9.17, 15) is 4.79 Å². The van der Waals surface area contributed by atoms with Crippen LogP contribution in [0.15, 0.2) is 5.38 Å². The van der Waals surface area contributed by atoms with Gasteiger partial charge in [-0.2, -0.15) is 4.80 Å². The lowest BCUT2D eigenvalue weighted by Gasteiger charge is -2.32. The number of carbonyl (C=O) groups is 1. The van der Waals surface area contributed by atoms with E-state index in [4.69, 9.17) is 21.3 Å². The molecule has 2 aromatic rings. The highest BCUT2D eigenvalue weighted by molar-refractivity contribution is 7.13. The number of hydrogen-bond donors (Lipinski definition) is 0. The van der Waals surface area contributed by atoms with Gasteiger partial charge in [0, 0.05) is 31.4 Å². The summed E-state index contributed by atoms with van der Waals surface area (Å²) in [7, 11) is 1.73. The monoisotopic (exact) mass is 383 g/mol. The van der Waals surface area contributed by atoms with E-state index in [0.717, 1.165) is 23.5 Å². The van der Waals surface area contributed by atoms with Crippen LogP contribution in [0.1, 0.15) is 45.2 Å². The average Bonchev–Trinajstić information content (AvgIpc) is 3.12. The number of halogens is 1. The van der Waals surface area contributed by atoms with Crippen LogP contribution in [0.5, 0.6) is 0 Å². The molecule has 3 rings (SSSR count). The Morgan fingerprint density at radius 3 is 2.56 bits per heavy atom. The van der Waals surface area contributed by atoms with Crippen molar-refractivity contribution >= 4 is 29.0 Å². The lowest BCUT2D eigenvalue weighted by molar-refractivity contribution is 0.0204. The number of aromatic nitrogens is 4. The van der Waals surface area contributed by atoms with Crippen molar-refractivity contribution < 1.29 is 9.53 Å².